The first-order valence-corrected chi connectivity index (χ1v) is 7.72. The number of benzene rings is 1. The summed E-state index contributed by atoms with van der Waals surface area (Å²) < 4.78 is 0. The molecule has 0 aliphatic carbocycles. The van der Waals surface area contributed by atoms with Crippen molar-refractivity contribution in [1.29, 1.82) is 0 Å². The van der Waals surface area contributed by atoms with Crippen LogP contribution in [-0.4, -0.2) is 21.5 Å². The molecule has 4 nitrogen and oxygen atoms in total. The number of pyridine rings is 1. The largest absolute Gasteiger partial charge is 0.313 e. The maximum atomic E-state index is 4.77. The second kappa shape index (κ2) is 6.65. The lowest BCUT2D eigenvalue weighted by Crippen LogP contribution is -2.13. The maximum Gasteiger partial charge on any atom is 0.193 e. The van der Waals surface area contributed by atoms with E-state index in [1.165, 1.54) is 17.3 Å². The quantitative estimate of drug-likeness (QED) is 0.732. The van der Waals surface area contributed by atoms with E-state index in [9.17, 15) is 0 Å². The van der Waals surface area contributed by atoms with Crippen LogP contribution in [-0.2, 0) is 6.54 Å². The number of hydrogen-bond donors (Lipinski definition) is 1. The van der Waals surface area contributed by atoms with Gasteiger partial charge < -0.3 is 5.32 Å². The third kappa shape index (κ3) is 3.37. The van der Waals surface area contributed by atoms with Crippen molar-refractivity contribution in [2.24, 2.45) is 0 Å². The Labute approximate surface area is 128 Å². The maximum absolute atomic E-state index is 4.77. The highest BCUT2D eigenvalue weighted by atomic mass is 32.2. The Balaban J connectivity index is 2.01. The van der Waals surface area contributed by atoms with Crippen molar-refractivity contribution in [3.05, 3.63) is 54.4 Å². The van der Waals surface area contributed by atoms with Crippen LogP contribution in [0.25, 0.3) is 10.9 Å². The van der Waals surface area contributed by atoms with E-state index in [2.05, 4.69) is 34.3 Å². The van der Waals surface area contributed by atoms with Gasteiger partial charge in [-0.2, -0.15) is 0 Å². The minimum absolute atomic E-state index is 0.720. The van der Waals surface area contributed by atoms with E-state index in [0.717, 1.165) is 34.2 Å². The van der Waals surface area contributed by atoms with Crippen LogP contribution in [0.3, 0.4) is 0 Å². The first-order chi connectivity index (χ1) is 10.4. The molecule has 3 rings (SSSR count). The Hall–Kier alpha value is -1.98. The monoisotopic (exact) mass is 296 g/mol. The zero-order valence-electron chi connectivity index (χ0n) is 11.8. The Morgan fingerprint density at radius 2 is 1.90 bits per heavy atom. The fourth-order valence-electron chi connectivity index (χ4n) is 2.04. The lowest BCUT2D eigenvalue weighted by molar-refractivity contribution is 0.713. The minimum Gasteiger partial charge on any atom is -0.313 e. The van der Waals surface area contributed by atoms with Gasteiger partial charge in [0.1, 0.15) is 5.03 Å². The molecule has 0 amide bonds. The summed E-state index contributed by atoms with van der Waals surface area (Å²) in [4.78, 5) is 13.3. The van der Waals surface area contributed by atoms with Crippen molar-refractivity contribution in [1.82, 2.24) is 20.3 Å². The number of hydrogen-bond acceptors (Lipinski definition) is 5. The molecular weight excluding hydrogens is 280 g/mol. The third-order valence-corrected chi connectivity index (χ3v) is 4.00. The van der Waals surface area contributed by atoms with Gasteiger partial charge in [0.15, 0.2) is 5.16 Å². The van der Waals surface area contributed by atoms with Crippen LogP contribution in [0.4, 0.5) is 0 Å². The fraction of sp³-hybridized carbons (Fsp3) is 0.188. The Kier molecular flexibility index (Phi) is 4.43. The van der Waals surface area contributed by atoms with Crippen LogP contribution >= 0.6 is 11.8 Å². The third-order valence-electron chi connectivity index (χ3n) is 3.06. The lowest BCUT2D eigenvalue weighted by Gasteiger charge is -2.10. The number of fused-ring (bicyclic) bond motifs is 1. The van der Waals surface area contributed by atoms with Gasteiger partial charge in [0.2, 0.25) is 0 Å². The van der Waals surface area contributed by atoms with E-state index in [4.69, 9.17) is 4.98 Å². The number of nitrogens with zero attached hydrogens (tertiary/aromatic N) is 3. The summed E-state index contributed by atoms with van der Waals surface area (Å²) in [6, 6.07) is 12.2. The summed E-state index contributed by atoms with van der Waals surface area (Å²) in [7, 11) is 0. The van der Waals surface area contributed by atoms with Gasteiger partial charge in [-0.25, -0.2) is 15.0 Å². The summed E-state index contributed by atoms with van der Waals surface area (Å²) in [5, 5.41) is 6.20. The second-order valence-electron chi connectivity index (χ2n) is 4.56. The average molecular weight is 296 g/mol. The van der Waals surface area contributed by atoms with Crippen LogP contribution in [0.1, 0.15) is 12.5 Å². The average Bonchev–Trinajstić information content (AvgIpc) is 2.54. The smallest absolute Gasteiger partial charge is 0.193 e. The predicted octanol–water partition coefficient (Wildman–Crippen LogP) is 3.29. The molecule has 2 heterocycles. The molecule has 0 fully saturated rings. The standard InChI is InChI=1S/C16H16N4S/c1-2-17-11-13-10-12-6-3-4-7-14(12)20-15(13)21-16-18-8-5-9-19-16/h3-10,17H,2,11H2,1H3. The SMILES string of the molecule is CCNCc1cc2ccccc2nc1Sc1ncccn1. The summed E-state index contributed by atoms with van der Waals surface area (Å²) in [6.45, 7) is 3.82. The van der Waals surface area contributed by atoms with Gasteiger partial charge in [-0.05, 0) is 42.1 Å². The van der Waals surface area contributed by atoms with E-state index in [1.54, 1.807) is 12.4 Å². The van der Waals surface area contributed by atoms with Crippen molar-refractivity contribution in [3.63, 3.8) is 0 Å². The first kappa shape index (κ1) is 14.0. The molecule has 0 saturated carbocycles. The predicted molar refractivity (Wildman–Crippen MR) is 85.3 cm³/mol. The fourth-order valence-corrected chi connectivity index (χ4v) is 2.85. The number of rotatable bonds is 5. The summed E-state index contributed by atoms with van der Waals surface area (Å²) >= 11 is 1.51. The highest BCUT2D eigenvalue weighted by Crippen LogP contribution is 2.28. The molecule has 5 heteroatoms. The van der Waals surface area contributed by atoms with Gasteiger partial charge >= 0.3 is 0 Å². The van der Waals surface area contributed by atoms with Gasteiger partial charge in [-0.1, -0.05) is 25.1 Å². The molecule has 0 unspecified atom stereocenters. The van der Waals surface area contributed by atoms with E-state index >= 15 is 0 Å². The van der Waals surface area contributed by atoms with Crippen LogP contribution < -0.4 is 5.32 Å². The second-order valence-corrected chi connectivity index (χ2v) is 5.52. The van der Waals surface area contributed by atoms with Crippen LogP contribution in [0, 0.1) is 0 Å². The van der Waals surface area contributed by atoms with Crippen molar-refractivity contribution < 1.29 is 0 Å². The summed E-state index contributed by atoms with van der Waals surface area (Å²) in [6.07, 6.45) is 3.50. The van der Waals surface area contributed by atoms with Gasteiger partial charge in [0.05, 0.1) is 5.52 Å². The molecule has 1 aromatic carbocycles. The Bertz CT molecular complexity index is 731. The molecule has 21 heavy (non-hydrogen) atoms. The van der Waals surface area contributed by atoms with Gasteiger partial charge in [0.25, 0.3) is 0 Å². The molecule has 0 aliphatic heterocycles. The highest BCUT2D eigenvalue weighted by molar-refractivity contribution is 7.99. The summed E-state index contributed by atoms with van der Waals surface area (Å²) in [5.41, 5.74) is 2.17. The van der Waals surface area contributed by atoms with Crippen LogP contribution in [0.2, 0.25) is 0 Å². The molecule has 0 saturated heterocycles. The highest BCUT2D eigenvalue weighted by Gasteiger charge is 2.09. The van der Waals surface area contributed by atoms with E-state index in [-0.39, 0.29) is 0 Å². The van der Waals surface area contributed by atoms with Gasteiger partial charge in [-0.3, -0.25) is 0 Å². The zero-order chi connectivity index (χ0) is 14.5. The number of nitrogens with one attached hydrogen (secondary N) is 1. The molecule has 0 atom stereocenters. The van der Waals surface area contributed by atoms with E-state index in [0.29, 0.717) is 0 Å². The van der Waals surface area contributed by atoms with Crippen molar-refractivity contribution in [2.45, 2.75) is 23.7 Å². The molecular formula is C16H16N4S. The topological polar surface area (TPSA) is 50.7 Å². The normalized spacial score (nSPS) is 10.9. The van der Waals surface area contributed by atoms with Crippen molar-refractivity contribution >= 4 is 22.7 Å². The van der Waals surface area contributed by atoms with Crippen molar-refractivity contribution in [2.75, 3.05) is 6.54 Å². The van der Waals surface area contributed by atoms with Crippen LogP contribution in [0.5, 0.6) is 0 Å². The molecule has 1 N–H and O–H groups in total. The van der Waals surface area contributed by atoms with Gasteiger partial charge in [0, 0.05) is 24.3 Å². The summed E-state index contributed by atoms with van der Waals surface area (Å²) in [5.74, 6) is 0. The molecule has 106 valence electrons. The molecule has 0 aliphatic rings. The van der Waals surface area contributed by atoms with Gasteiger partial charge in [-0.15, -0.1) is 0 Å². The molecule has 3 aromatic rings. The van der Waals surface area contributed by atoms with Crippen molar-refractivity contribution in [3.8, 4) is 0 Å². The molecule has 2 aromatic heterocycles. The van der Waals surface area contributed by atoms with E-state index in [1.807, 2.05) is 24.3 Å². The minimum atomic E-state index is 0.720. The number of aromatic nitrogens is 3. The molecule has 0 radical (unpaired) electrons. The molecule has 0 bridgehead atoms. The van der Waals surface area contributed by atoms with Crippen LogP contribution in [0.15, 0.2) is 59.0 Å². The molecule has 0 spiro atoms. The number of para-hydroxylation sites is 1. The Morgan fingerprint density at radius 1 is 1.10 bits per heavy atom. The first-order valence-electron chi connectivity index (χ1n) is 6.91. The Morgan fingerprint density at radius 3 is 2.71 bits per heavy atom. The zero-order valence-corrected chi connectivity index (χ0v) is 12.6. The van der Waals surface area contributed by atoms with E-state index < -0.39 is 0 Å². The lowest BCUT2D eigenvalue weighted by atomic mass is 10.1.